The second-order valence-electron chi connectivity index (χ2n) is 16.6. The van der Waals surface area contributed by atoms with Crippen LogP contribution in [0.5, 0.6) is 5.75 Å². The maximum absolute atomic E-state index is 13.4. The van der Waals surface area contributed by atoms with Crippen molar-refractivity contribution in [3.63, 3.8) is 0 Å². The summed E-state index contributed by atoms with van der Waals surface area (Å²) in [4.78, 5) is 66.7. The number of nitrogens with one attached hydrogen (secondary N) is 4. The van der Waals surface area contributed by atoms with Gasteiger partial charge < -0.3 is 42.6 Å². The van der Waals surface area contributed by atoms with E-state index in [0.717, 1.165) is 126 Å². The predicted octanol–water partition coefficient (Wildman–Crippen LogP) is 5.85. The zero-order chi connectivity index (χ0) is 43.9. The van der Waals surface area contributed by atoms with Crippen molar-refractivity contribution in [1.29, 1.82) is 0 Å². The lowest BCUT2D eigenvalue weighted by molar-refractivity contribution is -0.142. The van der Waals surface area contributed by atoms with E-state index < -0.39 is 18.1 Å². The summed E-state index contributed by atoms with van der Waals surface area (Å²) >= 11 is 0. The van der Waals surface area contributed by atoms with Gasteiger partial charge in [0.05, 0.1) is 0 Å². The fraction of sp³-hybridized carbons (Fsp3) is 0.660. The van der Waals surface area contributed by atoms with Crippen LogP contribution in [0, 0.1) is 11.8 Å². The molecule has 1 aromatic carbocycles. The molecule has 9 N–H and O–H groups in total. The largest absolute Gasteiger partial charge is 0.489 e. The van der Waals surface area contributed by atoms with Gasteiger partial charge in [-0.25, -0.2) is 4.79 Å². The summed E-state index contributed by atoms with van der Waals surface area (Å²) in [7, 11) is 0. The topological polar surface area (TPSA) is 228 Å². The van der Waals surface area contributed by atoms with Crippen LogP contribution in [0.25, 0.3) is 0 Å². The molecule has 2 aromatic rings. The van der Waals surface area contributed by atoms with Gasteiger partial charge in [0.25, 0.3) is 0 Å². The number of carbonyl (C=O) groups is 5. The first-order valence-electron chi connectivity index (χ1n) is 23.1. The van der Waals surface area contributed by atoms with Gasteiger partial charge in [0, 0.05) is 50.7 Å². The predicted molar refractivity (Wildman–Crippen MR) is 238 cm³/mol. The van der Waals surface area contributed by atoms with E-state index in [2.05, 4.69) is 26.3 Å². The molecule has 14 heteroatoms. The van der Waals surface area contributed by atoms with Gasteiger partial charge in [-0.3, -0.25) is 24.2 Å². The van der Waals surface area contributed by atoms with Crippen molar-refractivity contribution < 1.29 is 33.8 Å². The normalized spacial score (nSPS) is 15.9. The first-order chi connectivity index (χ1) is 29.7. The molecule has 0 saturated heterocycles. The zero-order valence-electron chi connectivity index (χ0n) is 36.5. The highest BCUT2D eigenvalue weighted by Crippen LogP contribution is 2.28. The smallest absolute Gasteiger partial charge is 0.326 e. The van der Waals surface area contributed by atoms with Gasteiger partial charge in [-0.2, -0.15) is 0 Å². The number of carboxylic acids is 1. The third kappa shape index (κ3) is 22.7. The van der Waals surface area contributed by atoms with Crippen molar-refractivity contribution in [2.75, 3.05) is 26.2 Å². The van der Waals surface area contributed by atoms with Gasteiger partial charge >= 0.3 is 5.97 Å². The fourth-order valence-electron chi connectivity index (χ4n) is 7.67. The fourth-order valence-corrected chi connectivity index (χ4v) is 7.67. The monoisotopic (exact) mass is 850 g/mol. The minimum absolute atomic E-state index is 0.0554. The summed E-state index contributed by atoms with van der Waals surface area (Å²) in [5.74, 6) is -0.360. The molecule has 3 rings (SSSR count). The molecule has 1 aromatic heterocycles. The summed E-state index contributed by atoms with van der Waals surface area (Å²) in [6.07, 6.45) is 21.5. The molecule has 0 aliphatic heterocycles. The van der Waals surface area contributed by atoms with Crippen LogP contribution in [0.4, 0.5) is 0 Å². The summed E-state index contributed by atoms with van der Waals surface area (Å²) < 4.78 is 5.91. The Hall–Kier alpha value is -4.56. The second-order valence-corrected chi connectivity index (χ2v) is 16.6. The summed E-state index contributed by atoms with van der Waals surface area (Å²) in [5.41, 5.74) is 13.3. The van der Waals surface area contributed by atoms with Crippen LogP contribution in [0.1, 0.15) is 146 Å². The van der Waals surface area contributed by atoms with Gasteiger partial charge in [0.2, 0.25) is 23.6 Å². The molecule has 61 heavy (non-hydrogen) atoms. The Balaban J connectivity index is 1.23. The average molecular weight is 850 g/mol. The number of ether oxygens (including phenoxy) is 1. The first kappa shape index (κ1) is 50.8. The minimum Gasteiger partial charge on any atom is -0.489 e. The Morgan fingerprint density at radius 1 is 0.656 bits per heavy atom. The number of rotatable bonds is 33. The van der Waals surface area contributed by atoms with Crippen molar-refractivity contribution in [2.45, 2.75) is 160 Å². The Kier molecular flexibility index (Phi) is 26.1. The van der Waals surface area contributed by atoms with E-state index >= 15 is 0 Å². The number of aliphatic carboxylic acids is 1. The number of hydrogen-bond acceptors (Lipinski definition) is 9. The molecule has 0 spiro atoms. The number of carbonyl (C=O) groups excluding carboxylic acids is 4. The van der Waals surface area contributed by atoms with Crippen LogP contribution < -0.4 is 37.5 Å². The number of carboxylic acid groups (broad SMARTS) is 1. The molecule has 1 fully saturated rings. The van der Waals surface area contributed by atoms with Gasteiger partial charge in [-0.15, -0.1) is 0 Å². The lowest BCUT2D eigenvalue weighted by Crippen LogP contribution is -2.50. The number of pyridine rings is 1. The highest BCUT2D eigenvalue weighted by molar-refractivity contribution is 5.88. The van der Waals surface area contributed by atoms with Crippen LogP contribution in [0.2, 0.25) is 0 Å². The van der Waals surface area contributed by atoms with Gasteiger partial charge in [0.15, 0.2) is 0 Å². The number of aromatic nitrogens is 1. The van der Waals surface area contributed by atoms with Crippen molar-refractivity contribution in [1.82, 2.24) is 26.3 Å². The van der Waals surface area contributed by atoms with Crippen LogP contribution in [0.15, 0.2) is 48.8 Å². The van der Waals surface area contributed by atoms with Gasteiger partial charge in [-0.1, -0.05) is 63.5 Å². The summed E-state index contributed by atoms with van der Waals surface area (Å²) in [6, 6.07) is 9.90. The van der Waals surface area contributed by atoms with Crippen molar-refractivity contribution in [3.05, 3.63) is 59.9 Å². The number of nitrogens with two attached hydrogens (primary N) is 2. The second kappa shape index (κ2) is 31.3. The number of unbranched alkanes of at least 4 members (excludes halogenated alkanes) is 11. The lowest BCUT2D eigenvalue weighted by Gasteiger charge is -2.28. The maximum Gasteiger partial charge on any atom is 0.326 e. The van der Waals surface area contributed by atoms with Gasteiger partial charge in [0.1, 0.15) is 24.4 Å². The summed E-state index contributed by atoms with van der Waals surface area (Å²) in [6.45, 7) is 2.73. The molecule has 0 radical (unpaired) electrons. The van der Waals surface area contributed by atoms with Crippen molar-refractivity contribution in [2.24, 2.45) is 23.3 Å². The molecule has 1 aliphatic rings. The Morgan fingerprint density at radius 3 is 1.87 bits per heavy atom. The molecule has 340 valence electrons. The average Bonchev–Trinajstić information content (AvgIpc) is 3.27. The Morgan fingerprint density at radius 2 is 1.25 bits per heavy atom. The lowest BCUT2D eigenvalue weighted by atomic mass is 9.81. The third-order valence-corrected chi connectivity index (χ3v) is 11.6. The van der Waals surface area contributed by atoms with Crippen molar-refractivity contribution in [3.8, 4) is 5.75 Å². The van der Waals surface area contributed by atoms with E-state index in [0.29, 0.717) is 70.8 Å². The maximum atomic E-state index is 13.4. The van der Waals surface area contributed by atoms with E-state index in [1.807, 2.05) is 36.4 Å². The highest BCUT2D eigenvalue weighted by Gasteiger charge is 2.29. The van der Waals surface area contributed by atoms with E-state index in [1.165, 1.54) is 0 Å². The molecule has 14 nitrogen and oxygen atoms in total. The van der Waals surface area contributed by atoms with E-state index in [-0.39, 0.29) is 29.5 Å². The highest BCUT2D eigenvalue weighted by atomic mass is 16.5. The minimum atomic E-state index is -0.995. The van der Waals surface area contributed by atoms with Crippen LogP contribution in [-0.2, 0) is 37.0 Å². The van der Waals surface area contributed by atoms with Crippen LogP contribution >= 0.6 is 0 Å². The molecule has 1 aliphatic carbocycles. The van der Waals surface area contributed by atoms with Gasteiger partial charge in [-0.05, 0) is 125 Å². The number of benzene rings is 1. The molecular formula is C47H75N7O7. The molecule has 4 amide bonds. The van der Waals surface area contributed by atoms with E-state index in [4.69, 9.17) is 16.2 Å². The SMILES string of the molecule is NCCCC[C@H](NC(=O)CCCCCCCCCCCNC(=O)CCCCCNC(=O)[C@H](Cc1ccc(OCc2ccncc2)cc1)NC(=O)C1CCC(CN)CC1)C(=O)O. The molecule has 2 atom stereocenters. The zero-order valence-corrected chi connectivity index (χ0v) is 36.5. The van der Waals surface area contributed by atoms with Crippen molar-refractivity contribution >= 4 is 29.6 Å². The van der Waals surface area contributed by atoms with Crippen LogP contribution in [0.3, 0.4) is 0 Å². The molecule has 1 saturated carbocycles. The molecular weight excluding hydrogens is 775 g/mol. The molecule has 0 bridgehead atoms. The van der Waals surface area contributed by atoms with E-state index in [1.54, 1.807) is 12.4 Å². The molecule has 0 unspecified atom stereocenters. The standard InChI is InChI=1S/C47H75N7O7/c48-28-12-11-15-41(47(59)60)53-44(56)17-9-6-4-2-1-3-5-7-13-29-51-43(55)16-10-8-14-30-52-46(58)42(54-45(57)39-22-18-37(34-49)19-23-39)33-36-20-24-40(25-21-36)61-35-38-26-31-50-32-27-38/h20-21,24-27,31-32,37,39,41-42H,1-19,22-23,28-30,33-35,48-49H2,(H,51,55)(H,52,58)(H,53,56)(H,54,57)(H,59,60)/t37?,39?,41-,42-/m0/s1. The summed E-state index contributed by atoms with van der Waals surface area (Å²) in [5, 5.41) is 21.1. The van der Waals surface area contributed by atoms with Crippen LogP contribution in [-0.4, -0.2) is 78.0 Å². The Labute approximate surface area is 363 Å². The third-order valence-electron chi connectivity index (χ3n) is 11.6. The molecule has 1 heterocycles. The quantitative estimate of drug-likeness (QED) is 0.0424. The first-order valence-corrected chi connectivity index (χ1v) is 23.1. The number of nitrogens with zero attached hydrogens (tertiary/aromatic N) is 1. The number of hydrogen-bond donors (Lipinski definition) is 7. The Bertz CT molecular complexity index is 1540. The van der Waals surface area contributed by atoms with E-state index in [9.17, 15) is 29.1 Å². The number of amides is 4.